The molecule has 0 aliphatic rings. The monoisotopic (exact) mass is 443 g/mol. The zero-order valence-corrected chi connectivity index (χ0v) is 19.2. The molecule has 3 N–H and O–H groups in total. The number of nitrogens with two attached hydrogens (primary N) is 1. The molecular weight excluding hydrogens is 410 g/mol. The van der Waals surface area contributed by atoms with Crippen LogP contribution in [0.15, 0.2) is 84.9 Å². The highest BCUT2D eigenvalue weighted by molar-refractivity contribution is 5.90. The molecule has 0 aromatic heterocycles. The summed E-state index contributed by atoms with van der Waals surface area (Å²) in [5, 5.41) is 3.50. The van der Waals surface area contributed by atoms with Crippen LogP contribution in [-0.2, 0) is 28.0 Å². The van der Waals surface area contributed by atoms with Crippen molar-refractivity contribution in [2.24, 2.45) is 5.73 Å². The van der Waals surface area contributed by atoms with Gasteiger partial charge in [0.15, 0.2) is 0 Å². The van der Waals surface area contributed by atoms with Gasteiger partial charge in [0.2, 0.25) is 12.3 Å². The van der Waals surface area contributed by atoms with E-state index in [0.717, 1.165) is 49.0 Å². The van der Waals surface area contributed by atoms with Crippen LogP contribution in [0.2, 0.25) is 0 Å². The summed E-state index contributed by atoms with van der Waals surface area (Å²) in [5.41, 5.74) is 9.42. The molecule has 0 spiro atoms. The van der Waals surface area contributed by atoms with Crippen molar-refractivity contribution >= 4 is 12.3 Å². The van der Waals surface area contributed by atoms with Crippen LogP contribution in [0.4, 0.5) is 0 Å². The Morgan fingerprint density at radius 2 is 1.42 bits per heavy atom. The summed E-state index contributed by atoms with van der Waals surface area (Å²) >= 11 is 0. The molecule has 0 bridgehead atoms. The van der Waals surface area contributed by atoms with E-state index in [2.05, 4.69) is 29.6 Å². The Bertz CT molecular complexity index is 965. The van der Waals surface area contributed by atoms with E-state index in [0.29, 0.717) is 13.0 Å². The lowest BCUT2D eigenvalue weighted by atomic mass is 9.70. The molecule has 2 amide bonds. The zero-order chi connectivity index (χ0) is 23.5. The Hall–Kier alpha value is -3.44. The van der Waals surface area contributed by atoms with Crippen molar-refractivity contribution in [2.45, 2.75) is 31.2 Å². The fourth-order valence-electron chi connectivity index (χ4n) is 4.28. The summed E-state index contributed by atoms with van der Waals surface area (Å²) in [6.07, 6.45) is 3.22. The Balaban J connectivity index is 1.56. The van der Waals surface area contributed by atoms with Gasteiger partial charge in [-0.3, -0.25) is 9.59 Å². The number of carbonyl (C=O) groups is 2. The van der Waals surface area contributed by atoms with Crippen molar-refractivity contribution in [2.75, 3.05) is 20.1 Å². The third-order valence-corrected chi connectivity index (χ3v) is 6.08. The smallest absolute Gasteiger partial charge is 0.232 e. The standard InChI is InChI=1S/C28H33N3O2/c1-31(22-32)21-24-15-13-23(14-16-24)17-20-30-19-8-18-28(27(29)33,25-9-4-2-5-10-25)26-11-6-3-7-12-26/h2-7,9-16,22,30H,8,17-21H2,1H3,(H2,29,33). The van der Waals surface area contributed by atoms with Crippen LogP contribution in [0.3, 0.4) is 0 Å². The Kier molecular flexibility index (Phi) is 8.79. The molecule has 0 aliphatic heterocycles. The van der Waals surface area contributed by atoms with Crippen LogP contribution >= 0.6 is 0 Å². The summed E-state index contributed by atoms with van der Waals surface area (Å²) in [7, 11) is 1.77. The number of rotatable bonds is 13. The molecule has 0 atom stereocenters. The number of amides is 2. The normalized spacial score (nSPS) is 11.2. The summed E-state index contributed by atoms with van der Waals surface area (Å²) < 4.78 is 0. The van der Waals surface area contributed by atoms with E-state index < -0.39 is 5.41 Å². The maximum atomic E-state index is 12.8. The van der Waals surface area contributed by atoms with Crippen molar-refractivity contribution in [3.63, 3.8) is 0 Å². The minimum absolute atomic E-state index is 0.319. The highest BCUT2D eigenvalue weighted by atomic mass is 16.1. The van der Waals surface area contributed by atoms with E-state index in [1.54, 1.807) is 11.9 Å². The maximum absolute atomic E-state index is 12.8. The van der Waals surface area contributed by atoms with Gasteiger partial charge in [-0.05, 0) is 54.6 Å². The lowest BCUT2D eigenvalue weighted by Gasteiger charge is -2.32. The van der Waals surface area contributed by atoms with Gasteiger partial charge >= 0.3 is 0 Å². The molecule has 0 radical (unpaired) electrons. The van der Waals surface area contributed by atoms with E-state index in [1.807, 2.05) is 60.7 Å². The van der Waals surface area contributed by atoms with E-state index >= 15 is 0 Å². The number of benzene rings is 3. The molecule has 33 heavy (non-hydrogen) atoms. The summed E-state index contributed by atoms with van der Waals surface area (Å²) in [4.78, 5) is 25.2. The summed E-state index contributed by atoms with van der Waals surface area (Å²) in [5.74, 6) is -0.319. The molecule has 3 aromatic rings. The lowest BCUT2D eigenvalue weighted by Crippen LogP contribution is -2.43. The predicted octanol–water partition coefficient (Wildman–Crippen LogP) is 3.66. The molecule has 5 heteroatoms. The second kappa shape index (κ2) is 12.0. The van der Waals surface area contributed by atoms with Gasteiger partial charge in [0.05, 0.1) is 5.41 Å². The predicted molar refractivity (Wildman–Crippen MR) is 133 cm³/mol. The number of carbonyl (C=O) groups excluding carboxylic acids is 2. The van der Waals surface area contributed by atoms with Crippen LogP contribution in [0.25, 0.3) is 0 Å². The maximum Gasteiger partial charge on any atom is 0.232 e. The number of hydrogen-bond donors (Lipinski definition) is 2. The third-order valence-electron chi connectivity index (χ3n) is 6.08. The van der Waals surface area contributed by atoms with Crippen molar-refractivity contribution in [1.82, 2.24) is 10.2 Å². The summed E-state index contributed by atoms with van der Waals surface area (Å²) in [6, 6.07) is 28.0. The van der Waals surface area contributed by atoms with E-state index in [4.69, 9.17) is 5.73 Å². The minimum atomic E-state index is -0.839. The van der Waals surface area contributed by atoms with Gasteiger partial charge in [0, 0.05) is 13.6 Å². The molecule has 0 unspecified atom stereocenters. The molecule has 0 fully saturated rings. The molecule has 0 saturated heterocycles. The van der Waals surface area contributed by atoms with Crippen LogP contribution in [0.5, 0.6) is 0 Å². The molecule has 0 saturated carbocycles. The quantitative estimate of drug-likeness (QED) is 0.313. The number of nitrogens with zero attached hydrogens (tertiary/aromatic N) is 1. The molecule has 5 nitrogen and oxygen atoms in total. The van der Waals surface area contributed by atoms with Gasteiger partial charge in [-0.1, -0.05) is 84.9 Å². The zero-order valence-electron chi connectivity index (χ0n) is 19.2. The first-order valence-corrected chi connectivity index (χ1v) is 11.4. The average Bonchev–Trinajstić information content (AvgIpc) is 2.85. The summed E-state index contributed by atoms with van der Waals surface area (Å²) in [6.45, 7) is 2.28. The van der Waals surface area contributed by atoms with Crippen molar-refractivity contribution in [3.05, 3.63) is 107 Å². The van der Waals surface area contributed by atoms with Gasteiger partial charge in [-0.25, -0.2) is 0 Å². The van der Waals surface area contributed by atoms with Gasteiger partial charge in [-0.15, -0.1) is 0 Å². The Labute approximate surface area is 196 Å². The third kappa shape index (κ3) is 6.30. The molecule has 172 valence electrons. The van der Waals surface area contributed by atoms with E-state index in [9.17, 15) is 9.59 Å². The topological polar surface area (TPSA) is 75.4 Å². The van der Waals surface area contributed by atoms with Crippen molar-refractivity contribution in [1.29, 1.82) is 0 Å². The Morgan fingerprint density at radius 1 is 0.879 bits per heavy atom. The SMILES string of the molecule is CN(C=O)Cc1ccc(CCNCCCC(C(N)=O)(c2ccccc2)c2ccccc2)cc1. The molecule has 3 aromatic carbocycles. The fourth-order valence-corrected chi connectivity index (χ4v) is 4.28. The molecule has 0 heterocycles. The molecule has 3 rings (SSSR count). The van der Waals surface area contributed by atoms with E-state index in [1.165, 1.54) is 5.56 Å². The average molecular weight is 444 g/mol. The largest absolute Gasteiger partial charge is 0.369 e. The fraction of sp³-hybridized carbons (Fsp3) is 0.286. The van der Waals surface area contributed by atoms with E-state index in [-0.39, 0.29) is 5.91 Å². The number of nitrogens with one attached hydrogen (secondary N) is 1. The Morgan fingerprint density at radius 3 is 1.94 bits per heavy atom. The molecular formula is C28H33N3O2. The first-order valence-electron chi connectivity index (χ1n) is 11.4. The number of hydrogen-bond acceptors (Lipinski definition) is 3. The highest BCUT2D eigenvalue weighted by Gasteiger charge is 2.39. The van der Waals surface area contributed by atoms with Crippen molar-refractivity contribution in [3.8, 4) is 0 Å². The first-order chi connectivity index (χ1) is 16.1. The second-order valence-electron chi connectivity index (χ2n) is 8.44. The van der Waals surface area contributed by atoms with Crippen LogP contribution in [0, 0.1) is 0 Å². The van der Waals surface area contributed by atoms with Gasteiger partial charge in [0.1, 0.15) is 0 Å². The minimum Gasteiger partial charge on any atom is -0.369 e. The van der Waals surface area contributed by atoms with Crippen LogP contribution in [0.1, 0.15) is 35.1 Å². The van der Waals surface area contributed by atoms with Gasteiger partial charge < -0.3 is 16.0 Å². The second-order valence-corrected chi connectivity index (χ2v) is 8.44. The van der Waals surface area contributed by atoms with Gasteiger partial charge in [-0.2, -0.15) is 0 Å². The number of primary amides is 1. The van der Waals surface area contributed by atoms with Crippen molar-refractivity contribution < 1.29 is 9.59 Å². The first kappa shape index (κ1) is 24.2. The van der Waals surface area contributed by atoms with Crippen LogP contribution in [-0.4, -0.2) is 37.4 Å². The molecule has 0 aliphatic carbocycles. The van der Waals surface area contributed by atoms with Crippen LogP contribution < -0.4 is 11.1 Å². The lowest BCUT2D eigenvalue weighted by molar-refractivity contribution is -0.122. The van der Waals surface area contributed by atoms with Gasteiger partial charge in [0.25, 0.3) is 0 Å². The highest BCUT2D eigenvalue weighted by Crippen LogP contribution is 2.36.